The maximum absolute atomic E-state index is 5.95. The second-order valence-electron chi connectivity index (χ2n) is 2.96. The van der Waals surface area contributed by atoms with Crippen molar-refractivity contribution in [2.45, 2.75) is 6.10 Å². The van der Waals surface area contributed by atoms with E-state index in [1.165, 1.54) is 0 Å². The van der Waals surface area contributed by atoms with E-state index in [9.17, 15) is 0 Å². The Hall–Kier alpha value is 0.0400. The van der Waals surface area contributed by atoms with Crippen molar-refractivity contribution < 1.29 is 9.47 Å². The average molecular weight is 298 g/mol. The second kappa shape index (κ2) is 4.27. The zero-order valence-corrected chi connectivity index (χ0v) is 10.2. The number of epoxide rings is 1. The molecule has 1 aliphatic heterocycles. The fourth-order valence-corrected chi connectivity index (χ4v) is 1.81. The first-order chi connectivity index (χ1) is 6.66. The zero-order chi connectivity index (χ0) is 10.1. The molecule has 0 amide bonds. The summed E-state index contributed by atoms with van der Waals surface area (Å²) in [6, 6.07) is 3.41. The van der Waals surface area contributed by atoms with Crippen LogP contribution in [0.1, 0.15) is 0 Å². The van der Waals surface area contributed by atoms with Crippen LogP contribution in [0.3, 0.4) is 0 Å². The van der Waals surface area contributed by atoms with Gasteiger partial charge in [0.25, 0.3) is 0 Å². The Morgan fingerprint density at radius 1 is 1.43 bits per heavy atom. The van der Waals surface area contributed by atoms with Crippen LogP contribution in [0, 0.1) is 0 Å². The topological polar surface area (TPSA) is 21.8 Å². The van der Waals surface area contributed by atoms with Crippen molar-refractivity contribution in [3.05, 3.63) is 26.7 Å². The molecule has 1 fully saturated rings. The lowest BCUT2D eigenvalue weighted by atomic mass is 10.3. The van der Waals surface area contributed by atoms with E-state index in [-0.39, 0.29) is 6.10 Å². The lowest BCUT2D eigenvalue weighted by Gasteiger charge is -2.07. The molecule has 1 saturated heterocycles. The Balaban J connectivity index is 2.10. The number of ether oxygens (including phenoxy) is 2. The van der Waals surface area contributed by atoms with Gasteiger partial charge in [0.2, 0.25) is 0 Å². The van der Waals surface area contributed by atoms with Gasteiger partial charge in [-0.05, 0) is 22.0 Å². The summed E-state index contributed by atoms with van der Waals surface area (Å²) < 4.78 is 11.2. The molecule has 1 atom stereocenters. The molecule has 1 aromatic rings. The molecule has 0 radical (unpaired) electrons. The molecule has 5 heteroatoms. The van der Waals surface area contributed by atoms with Crippen LogP contribution in [0.2, 0.25) is 10.0 Å². The molecule has 14 heavy (non-hydrogen) atoms. The molecule has 0 saturated carbocycles. The number of benzene rings is 1. The molecule has 76 valence electrons. The highest BCUT2D eigenvalue weighted by molar-refractivity contribution is 9.10. The highest BCUT2D eigenvalue weighted by Crippen LogP contribution is 2.34. The van der Waals surface area contributed by atoms with Gasteiger partial charge in [-0.2, -0.15) is 0 Å². The number of rotatable bonds is 3. The first-order valence-electron chi connectivity index (χ1n) is 4.06. The molecule has 0 aliphatic carbocycles. The van der Waals surface area contributed by atoms with Crippen LogP contribution in [0.5, 0.6) is 5.75 Å². The summed E-state index contributed by atoms with van der Waals surface area (Å²) >= 11 is 15.1. The van der Waals surface area contributed by atoms with Crippen molar-refractivity contribution >= 4 is 39.1 Å². The third-order valence-electron chi connectivity index (χ3n) is 1.80. The van der Waals surface area contributed by atoms with Gasteiger partial charge in [-0.3, -0.25) is 0 Å². The van der Waals surface area contributed by atoms with Gasteiger partial charge in [-0.15, -0.1) is 0 Å². The fourth-order valence-electron chi connectivity index (χ4n) is 0.962. The van der Waals surface area contributed by atoms with E-state index in [1.807, 2.05) is 0 Å². The van der Waals surface area contributed by atoms with Crippen molar-refractivity contribution in [3.63, 3.8) is 0 Å². The highest BCUT2D eigenvalue weighted by Gasteiger charge is 2.23. The molecule has 1 heterocycles. The summed E-state index contributed by atoms with van der Waals surface area (Å²) in [5.74, 6) is 0.593. The molecule has 0 spiro atoms. The van der Waals surface area contributed by atoms with Gasteiger partial charge >= 0.3 is 0 Å². The Bertz CT molecular complexity index is 353. The molecule has 1 aliphatic rings. The Morgan fingerprint density at radius 3 is 2.79 bits per heavy atom. The zero-order valence-electron chi connectivity index (χ0n) is 7.10. The van der Waals surface area contributed by atoms with Crippen LogP contribution in [-0.4, -0.2) is 19.3 Å². The predicted octanol–water partition coefficient (Wildman–Crippen LogP) is 3.53. The Kier molecular flexibility index (Phi) is 3.22. The Labute approximate surface area is 100 Å². The van der Waals surface area contributed by atoms with Gasteiger partial charge in [0.1, 0.15) is 18.5 Å². The molecule has 0 aromatic heterocycles. The number of hydrogen-bond donors (Lipinski definition) is 0. The first kappa shape index (κ1) is 10.6. The summed E-state index contributed by atoms with van der Waals surface area (Å²) in [7, 11) is 0. The summed E-state index contributed by atoms with van der Waals surface area (Å²) in [5, 5.41) is 1.13. The molecular weight excluding hydrogens is 291 g/mol. The van der Waals surface area contributed by atoms with Gasteiger partial charge in [-0.1, -0.05) is 23.2 Å². The SMILES string of the molecule is Clc1cc(OC[C@H]2CO2)c(Cl)cc1Br. The fraction of sp³-hybridized carbons (Fsp3) is 0.333. The lowest BCUT2D eigenvalue weighted by Crippen LogP contribution is -2.04. The van der Waals surface area contributed by atoms with E-state index in [1.54, 1.807) is 12.1 Å². The van der Waals surface area contributed by atoms with Crippen molar-refractivity contribution in [2.75, 3.05) is 13.2 Å². The van der Waals surface area contributed by atoms with Gasteiger partial charge in [-0.25, -0.2) is 0 Å². The van der Waals surface area contributed by atoms with E-state index >= 15 is 0 Å². The molecule has 0 unspecified atom stereocenters. The van der Waals surface area contributed by atoms with E-state index in [4.69, 9.17) is 32.7 Å². The number of hydrogen-bond acceptors (Lipinski definition) is 2. The third kappa shape index (κ3) is 2.54. The molecule has 1 aromatic carbocycles. The molecule has 0 N–H and O–H groups in total. The highest BCUT2D eigenvalue weighted by atomic mass is 79.9. The van der Waals surface area contributed by atoms with Crippen LogP contribution in [0.4, 0.5) is 0 Å². The summed E-state index contributed by atoms with van der Waals surface area (Å²) in [6.45, 7) is 1.29. The second-order valence-corrected chi connectivity index (χ2v) is 4.63. The van der Waals surface area contributed by atoms with E-state index in [2.05, 4.69) is 15.9 Å². The molecular formula is C9H7BrCl2O2. The van der Waals surface area contributed by atoms with Crippen LogP contribution in [-0.2, 0) is 4.74 Å². The smallest absolute Gasteiger partial charge is 0.139 e. The van der Waals surface area contributed by atoms with E-state index in [0.29, 0.717) is 22.4 Å². The summed E-state index contributed by atoms with van der Waals surface area (Å²) in [6.07, 6.45) is 0.216. The van der Waals surface area contributed by atoms with Gasteiger partial charge in [0.15, 0.2) is 0 Å². The first-order valence-corrected chi connectivity index (χ1v) is 5.60. The maximum atomic E-state index is 5.95. The standard InChI is InChI=1S/C9H7BrCl2O2/c10-6-1-8(12)9(2-7(6)11)14-4-5-3-13-5/h1-2,5H,3-4H2/t5-/m1/s1. The van der Waals surface area contributed by atoms with Gasteiger partial charge in [0, 0.05) is 10.5 Å². The minimum atomic E-state index is 0.216. The summed E-state index contributed by atoms with van der Waals surface area (Å²) in [4.78, 5) is 0. The van der Waals surface area contributed by atoms with Gasteiger partial charge < -0.3 is 9.47 Å². The normalized spacial score (nSPS) is 19.5. The van der Waals surface area contributed by atoms with Crippen molar-refractivity contribution in [2.24, 2.45) is 0 Å². The van der Waals surface area contributed by atoms with E-state index in [0.717, 1.165) is 11.1 Å². The largest absolute Gasteiger partial charge is 0.489 e. The van der Waals surface area contributed by atoms with Crippen LogP contribution < -0.4 is 4.74 Å². The quantitative estimate of drug-likeness (QED) is 0.629. The summed E-state index contributed by atoms with van der Waals surface area (Å²) in [5.41, 5.74) is 0. The van der Waals surface area contributed by atoms with E-state index < -0.39 is 0 Å². The van der Waals surface area contributed by atoms with Crippen molar-refractivity contribution in [1.29, 1.82) is 0 Å². The molecule has 2 rings (SSSR count). The minimum absolute atomic E-state index is 0.216. The van der Waals surface area contributed by atoms with Crippen LogP contribution in [0.15, 0.2) is 16.6 Å². The van der Waals surface area contributed by atoms with Crippen molar-refractivity contribution in [3.8, 4) is 5.75 Å². The average Bonchev–Trinajstić information content (AvgIpc) is 2.92. The lowest BCUT2D eigenvalue weighted by molar-refractivity contribution is 0.263. The maximum Gasteiger partial charge on any atom is 0.139 e. The van der Waals surface area contributed by atoms with Gasteiger partial charge in [0.05, 0.1) is 16.7 Å². The number of halogens is 3. The van der Waals surface area contributed by atoms with Crippen molar-refractivity contribution in [1.82, 2.24) is 0 Å². The monoisotopic (exact) mass is 296 g/mol. The third-order valence-corrected chi connectivity index (χ3v) is 3.29. The van der Waals surface area contributed by atoms with Crippen LogP contribution >= 0.6 is 39.1 Å². The predicted molar refractivity (Wildman–Crippen MR) is 59.4 cm³/mol. The van der Waals surface area contributed by atoms with Crippen LogP contribution in [0.25, 0.3) is 0 Å². The molecule has 2 nitrogen and oxygen atoms in total. The minimum Gasteiger partial charge on any atom is -0.489 e. The Morgan fingerprint density at radius 2 is 2.14 bits per heavy atom. The molecule has 0 bridgehead atoms.